The third kappa shape index (κ3) is 4.04. The number of rotatable bonds is 6. The number of carbonyl (C=O) groups is 2. The molecule has 0 fully saturated rings. The fourth-order valence-corrected chi connectivity index (χ4v) is 1.30. The lowest BCUT2D eigenvalue weighted by molar-refractivity contribution is -0.141. The maximum Gasteiger partial charge on any atom is 0.317 e. The van der Waals surface area contributed by atoms with Crippen LogP contribution >= 0.6 is 0 Å². The number of aromatic nitrogens is 2. The Morgan fingerprint density at radius 2 is 2.33 bits per heavy atom. The quantitative estimate of drug-likeness (QED) is 0.758. The van der Waals surface area contributed by atoms with Crippen molar-refractivity contribution in [3.8, 4) is 0 Å². The molecule has 0 bridgehead atoms. The maximum absolute atomic E-state index is 11.8. The van der Waals surface area contributed by atoms with Gasteiger partial charge in [-0.15, -0.1) is 0 Å². The predicted molar refractivity (Wildman–Crippen MR) is 60.6 cm³/mol. The van der Waals surface area contributed by atoms with Gasteiger partial charge in [-0.2, -0.15) is 4.98 Å². The summed E-state index contributed by atoms with van der Waals surface area (Å²) in [5.74, 6) is -1.18. The smallest absolute Gasteiger partial charge is 0.317 e. The van der Waals surface area contributed by atoms with E-state index >= 15 is 0 Å². The predicted octanol–water partition coefficient (Wildman–Crippen LogP) is 0.322. The first-order valence-electron chi connectivity index (χ1n) is 5.55. The third-order valence-corrected chi connectivity index (χ3v) is 2.39. The number of hydrogen-bond acceptors (Lipinski definition) is 5. The molecule has 1 aromatic rings. The Labute approximate surface area is 104 Å². The van der Waals surface area contributed by atoms with E-state index in [1.165, 1.54) is 11.3 Å². The van der Waals surface area contributed by atoms with Crippen molar-refractivity contribution in [2.45, 2.75) is 20.4 Å². The second-order valence-electron chi connectivity index (χ2n) is 3.78. The Morgan fingerprint density at radius 3 is 2.83 bits per heavy atom. The first kappa shape index (κ1) is 13.9. The Bertz CT molecular complexity index is 393. The van der Waals surface area contributed by atoms with Crippen LogP contribution in [0.1, 0.15) is 19.7 Å². The van der Waals surface area contributed by atoms with Crippen LogP contribution < -0.4 is 5.32 Å². The van der Waals surface area contributed by atoms with Crippen LogP contribution in [0.4, 0.5) is 4.79 Å². The molecule has 0 aliphatic carbocycles. The summed E-state index contributed by atoms with van der Waals surface area (Å²) in [5.41, 5.74) is 0. The fourth-order valence-electron chi connectivity index (χ4n) is 1.30. The van der Waals surface area contributed by atoms with Gasteiger partial charge in [-0.25, -0.2) is 4.79 Å². The first-order valence-corrected chi connectivity index (χ1v) is 5.55. The molecule has 0 radical (unpaired) electrons. The van der Waals surface area contributed by atoms with Crippen molar-refractivity contribution in [3.63, 3.8) is 0 Å². The lowest BCUT2D eigenvalue weighted by Crippen LogP contribution is -2.43. The van der Waals surface area contributed by atoms with Crippen LogP contribution in [-0.4, -0.2) is 45.2 Å². The van der Waals surface area contributed by atoms with Crippen molar-refractivity contribution < 1.29 is 19.2 Å². The molecule has 0 aromatic carbocycles. The van der Waals surface area contributed by atoms with E-state index in [2.05, 4.69) is 20.0 Å². The molecule has 2 N–H and O–H groups in total. The second kappa shape index (κ2) is 6.58. The number of amides is 2. The lowest BCUT2D eigenvalue weighted by Gasteiger charge is -2.22. The minimum atomic E-state index is -0.931. The van der Waals surface area contributed by atoms with Gasteiger partial charge in [0.1, 0.15) is 0 Å². The van der Waals surface area contributed by atoms with Gasteiger partial charge in [0.15, 0.2) is 5.82 Å². The molecule has 8 heteroatoms. The Hall–Kier alpha value is -2.12. The number of urea groups is 1. The number of carbonyl (C=O) groups excluding carboxylic acids is 1. The minimum absolute atomic E-state index is 0.146. The topological polar surface area (TPSA) is 109 Å². The number of carboxylic acid groups (broad SMARTS) is 1. The van der Waals surface area contributed by atoms with Crippen LogP contribution in [0.15, 0.2) is 10.9 Å². The van der Waals surface area contributed by atoms with Crippen LogP contribution in [0.25, 0.3) is 0 Å². The summed E-state index contributed by atoms with van der Waals surface area (Å²) in [7, 11) is 0. The van der Waals surface area contributed by atoms with Crippen LogP contribution in [-0.2, 0) is 11.3 Å². The maximum atomic E-state index is 11.8. The van der Waals surface area contributed by atoms with E-state index < -0.39 is 11.9 Å². The van der Waals surface area contributed by atoms with Crippen molar-refractivity contribution in [3.05, 3.63) is 12.2 Å². The molecule has 0 saturated heterocycles. The highest BCUT2D eigenvalue weighted by molar-refractivity contribution is 5.75. The largest absolute Gasteiger partial charge is 0.481 e. The van der Waals surface area contributed by atoms with Crippen molar-refractivity contribution in [1.29, 1.82) is 0 Å². The van der Waals surface area contributed by atoms with Gasteiger partial charge in [-0.3, -0.25) is 4.79 Å². The SMILES string of the molecule is CCN(CC(C)C(=O)O)C(=O)NCc1ncon1. The number of nitrogens with one attached hydrogen (secondary N) is 1. The number of hydrogen-bond donors (Lipinski definition) is 2. The fraction of sp³-hybridized carbons (Fsp3) is 0.600. The normalized spacial score (nSPS) is 11.9. The van der Waals surface area contributed by atoms with Crippen molar-refractivity contribution in [1.82, 2.24) is 20.4 Å². The molecule has 18 heavy (non-hydrogen) atoms. The minimum Gasteiger partial charge on any atom is -0.481 e. The van der Waals surface area contributed by atoms with Crippen molar-refractivity contribution in [2.24, 2.45) is 5.92 Å². The molecule has 1 aromatic heterocycles. The highest BCUT2D eigenvalue weighted by Gasteiger charge is 2.19. The van der Waals surface area contributed by atoms with Crippen molar-refractivity contribution >= 4 is 12.0 Å². The summed E-state index contributed by atoms with van der Waals surface area (Å²) in [6.07, 6.45) is 1.17. The molecule has 2 amide bonds. The average molecular weight is 256 g/mol. The van der Waals surface area contributed by atoms with Gasteiger partial charge in [0.2, 0.25) is 6.39 Å². The number of carboxylic acids is 1. The summed E-state index contributed by atoms with van der Waals surface area (Å²) < 4.78 is 4.53. The van der Waals surface area contributed by atoms with E-state index in [1.54, 1.807) is 13.8 Å². The summed E-state index contributed by atoms with van der Waals surface area (Å²) in [4.78, 5) is 27.7. The van der Waals surface area contributed by atoms with Crippen LogP contribution in [0, 0.1) is 5.92 Å². The zero-order valence-electron chi connectivity index (χ0n) is 10.3. The van der Waals surface area contributed by atoms with Crippen LogP contribution in [0.5, 0.6) is 0 Å². The van der Waals surface area contributed by atoms with E-state index in [0.717, 1.165) is 0 Å². The molecule has 0 aliphatic heterocycles. The van der Waals surface area contributed by atoms with Gasteiger partial charge in [-0.1, -0.05) is 12.1 Å². The van der Waals surface area contributed by atoms with Crippen LogP contribution in [0.2, 0.25) is 0 Å². The molecule has 100 valence electrons. The van der Waals surface area contributed by atoms with E-state index in [-0.39, 0.29) is 19.1 Å². The molecule has 1 heterocycles. The molecule has 1 rings (SSSR count). The van der Waals surface area contributed by atoms with Crippen LogP contribution in [0.3, 0.4) is 0 Å². The second-order valence-corrected chi connectivity index (χ2v) is 3.78. The van der Waals surface area contributed by atoms with Gasteiger partial charge < -0.3 is 19.8 Å². The Balaban J connectivity index is 2.44. The van der Waals surface area contributed by atoms with Gasteiger partial charge in [0.05, 0.1) is 12.5 Å². The summed E-state index contributed by atoms with van der Waals surface area (Å²) >= 11 is 0. The molecule has 0 saturated carbocycles. The summed E-state index contributed by atoms with van der Waals surface area (Å²) in [5, 5.41) is 14.9. The van der Waals surface area contributed by atoms with E-state index in [1.807, 2.05) is 0 Å². The zero-order chi connectivity index (χ0) is 13.5. The standard InChI is InChI=1S/C10H16N4O4/c1-3-14(5-7(2)9(15)16)10(17)11-4-8-12-6-18-13-8/h6-7H,3-5H2,1-2H3,(H,11,17)(H,15,16). The molecule has 0 aliphatic rings. The highest BCUT2D eigenvalue weighted by Crippen LogP contribution is 2.01. The van der Waals surface area contributed by atoms with E-state index in [4.69, 9.17) is 5.11 Å². The summed E-state index contributed by atoms with van der Waals surface area (Å²) in [6.45, 7) is 4.06. The van der Waals surface area contributed by atoms with Gasteiger partial charge in [0, 0.05) is 13.1 Å². The molecular formula is C10H16N4O4. The Morgan fingerprint density at radius 1 is 1.61 bits per heavy atom. The van der Waals surface area contributed by atoms with Gasteiger partial charge >= 0.3 is 12.0 Å². The number of aliphatic carboxylic acids is 1. The third-order valence-electron chi connectivity index (χ3n) is 2.39. The summed E-state index contributed by atoms with van der Waals surface area (Å²) in [6, 6.07) is -0.351. The zero-order valence-corrected chi connectivity index (χ0v) is 10.3. The van der Waals surface area contributed by atoms with E-state index in [0.29, 0.717) is 12.4 Å². The molecule has 1 atom stereocenters. The molecule has 1 unspecified atom stereocenters. The highest BCUT2D eigenvalue weighted by atomic mass is 16.5. The van der Waals surface area contributed by atoms with Crippen molar-refractivity contribution in [2.75, 3.05) is 13.1 Å². The monoisotopic (exact) mass is 256 g/mol. The first-order chi connectivity index (χ1) is 8.54. The Kier molecular flexibility index (Phi) is 5.09. The molecule has 0 spiro atoms. The lowest BCUT2D eigenvalue weighted by atomic mass is 10.2. The molecular weight excluding hydrogens is 240 g/mol. The van der Waals surface area contributed by atoms with Gasteiger partial charge in [-0.05, 0) is 6.92 Å². The average Bonchev–Trinajstić information content (AvgIpc) is 2.85. The molecule has 8 nitrogen and oxygen atoms in total. The number of nitrogens with zero attached hydrogens (tertiary/aromatic N) is 3. The van der Waals surface area contributed by atoms with Gasteiger partial charge in [0.25, 0.3) is 0 Å². The van der Waals surface area contributed by atoms with E-state index in [9.17, 15) is 9.59 Å².